The van der Waals surface area contributed by atoms with Crippen LogP contribution in [0.3, 0.4) is 0 Å². The Morgan fingerprint density at radius 3 is 0.432 bits per heavy atom. The van der Waals surface area contributed by atoms with Gasteiger partial charge in [-0.25, -0.2) is 0 Å². The molecule has 44 heavy (non-hydrogen) atoms. The molecule has 0 spiro atoms. The number of rotatable bonds is 7. The highest BCUT2D eigenvalue weighted by molar-refractivity contribution is 5.68. The van der Waals surface area contributed by atoms with Crippen LogP contribution in [0, 0.1) is 41.5 Å². The first kappa shape index (κ1) is 29.4. The van der Waals surface area contributed by atoms with Crippen LogP contribution in [0.25, 0.3) is 0 Å². The molecule has 0 saturated carbocycles. The zero-order valence-corrected chi connectivity index (χ0v) is 26.9. The Bertz CT molecular complexity index is 1470. The number of aryl methyl sites for hydroxylation is 6. The van der Waals surface area contributed by atoms with Gasteiger partial charge in [-0.15, -0.1) is 0 Å². The number of hydrogen-bond acceptors (Lipinski definition) is 0. The van der Waals surface area contributed by atoms with Crippen LogP contribution in [-0.4, -0.2) is 0 Å². The summed E-state index contributed by atoms with van der Waals surface area (Å²) in [5.41, 5.74) is 13.8. The highest BCUT2D eigenvalue weighted by atomic mass is 14.6. The Kier molecular flexibility index (Phi) is 7.87. The number of hydrogen-bond donors (Lipinski definition) is 0. The van der Waals surface area contributed by atoms with Gasteiger partial charge in [0.25, 0.3) is 0 Å². The molecule has 6 rings (SSSR count). The molecule has 0 radical (unpaired) electrons. The second kappa shape index (κ2) is 11.8. The first-order valence-electron chi connectivity index (χ1n) is 15.7. The summed E-state index contributed by atoms with van der Waals surface area (Å²) in [6, 6.07) is 55.6. The predicted octanol–water partition coefficient (Wildman–Crippen LogP) is 10.9. The molecule has 0 aliphatic heterocycles. The van der Waals surface area contributed by atoms with E-state index in [1.165, 1.54) is 66.8 Å². The van der Waals surface area contributed by atoms with Gasteiger partial charge in [0.2, 0.25) is 0 Å². The van der Waals surface area contributed by atoms with Gasteiger partial charge in [0.1, 0.15) is 0 Å². The van der Waals surface area contributed by atoms with Crippen LogP contribution in [0.4, 0.5) is 0 Å². The third kappa shape index (κ3) is 4.89. The summed E-state index contributed by atoms with van der Waals surface area (Å²) in [5.74, 6) is 0. The van der Waals surface area contributed by atoms with E-state index >= 15 is 0 Å². The third-order valence-corrected chi connectivity index (χ3v) is 9.47. The molecule has 0 nitrogen and oxygen atoms in total. The number of benzene rings is 6. The molecule has 0 aliphatic rings. The first-order chi connectivity index (χ1) is 21.2. The zero-order valence-electron chi connectivity index (χ0n) is 26.9. The smallest absolute Gasteiger partial charge is 0.0590 e. The summed E-state index contributed by atoms with van der Waals surface area (Å²) in [4.78, 5) is 0. The lowest BCUT2D eigenvalue weighted by Crippen LogP contribution is -2.52. The molecule has 0 atom stereocenters. The van der Waals surface area contributed by atoms with Gasteiger partial charge < -0.3 is 0 Å². The van der Waals surface area contributed by atoms with E-state index in [4.69, 9.17) is 0 Å². The average Bonchev–Trinajstić information content (AvgIpc) is 3.03. The molecule has 6 aromatic rings. The summed E-state index contributed by atoms with van der Waals surface area (Å²) < 4.78 is 0. The van der Waals surface area contributed by atoms with Crippen molar-refractivity contribution in [3.63, 3.8) is 0 Å². The van der Waals surface area contributed by atoms with Crippen molar-refractivity contribution in [3.05, 3.63) is 212 Å². The van der Waals surface area contributed by atoms with Gasteiger partial charge in [0.05, 0.1) is 10.8 Å². The average molecular weight is 571 g/mol. The maximum Gasteiger partial charge on any atom is 0.0629 e. The van der Waals surface area contributed by atoms with Crippen molar-refractivity contribution in [2.24, 2.45) is 0 Å². The summed E-state index contributed by atoms with van der Waals surface area (Å²) in [6.07, 6.45) is 0. The predicted molar refractivity (Wildman–Crippen MR) is 187 cm³/mol. The van der Waals surface area contributed by atoms with Crippen molar-refractivity contribution in [1.29, 1.82) is 0 Å². The van der Waals surface area contributed by atoms with Crippen molar-refractivity contribution < 1.29 is 0 Å². The van der Waals surface area contributed by atoms with Gasteiger partial charge in [0.15, 0.2) is 0 Å². The minimum atomic E-state index is -0.637. The SMILES string of the molecule is Cc1ccc(C(c2ccc(C)cc2)(c2ccc(C)cc2)C(c2ccc(C)cc2)(c2ccc(C)cc2)c2ccc(C)cc2)cc1. The monoisotopic (exact) mass is 570 g/mol. The van der Waals surface area contributed by atoms with E-state index in [9.17, 15) is 0 Å². The van der Waals surface area contributed by atoms with Crippen molar-refractivity contribution in [3.8, 4) is 0 Å². The van der Waals surface area contributed by atoms with Crippen LogP contribution >= 0.6 is 0 Å². The molecule has 218 valence electrons. The van der Waals surface area contributed by atoms with Gasteiger partial charge in [0, 0.05) is 0 Å². The van der Waals surface area contributed by atoms with E-state index in [1.807, 2.05) is 0 Å². The molecule has 0 heterocycles. The molecule has 6 aromatic carbocycles. The standard InChI is InChI=1S/C44H42/c1-31-7-19-37(20-8-31)43(38-21-9-32(2)10-22-38,39-23-11-33(3)12-24-39)44(40-25-13-34(4)14-26-40,41-27-15-35(5)16-28-41)42-29-17-36(6)18-30-42/h7-30H,1-6H3. The minimum absolute atomic E-state index is 0.637. The fourth-order valence-corrected chi connectivity index (χ4v) is 7.12. The molecule has 0 fully saturated rings. The second-order valence-corrected chi connectivity index (χ2v) is 12.7. The lowest BCUT2D eigenvalue weighted by molar-refractivity contribution is 0.419. The molecule has 0 aromatic heterocycles. The molecule has 0 amide bonds. The van der Waals surface area contributed by atoms with Crippen molar-refractivity contribution in [2.75, 3.05) is 0 Å². The van der Waals surface area contributed by atoms with Crippen LogP contribution < -0.4 is 0 Å². The van der Waals surface area contributed by atoms with E-state index in [-0.39, 0.29) is 0 Å². The topological polar surface area (TPSA) is 0 Å². The van der Waals surface area contributed by atoms with Crippen LogP contribution in [0.5, 0.6) is 0 Å². The van der Waals surface area contributed by atoms with Crippen LogP contribution in [0.15, 0.2) is 146 Å². The van der Waals surface area contributed by atoms with Crippen molar-refractivity contribution in [2.45, 2.75) is 52.4 Å². The fraction of sp³-hybridized carbons (Fsp3) is 0.182. The zero-order chi connectivity index (χ0) is 30.9. The lowest BCUT2D eigenvalue weighted by atomic mass is 9.47. The quantitative estimate of drug-likeness (QED) is 0.167. The normalized spacial score (nSPS) is 11.9. The van der Waals surface area contributed by atoms with Gasteiger partial charge in [-0.05, 0) is 74.9 Å². The van der Waals surface area contributed by atoms with E-state index in [1.54, 1.807) is 0 Å². The van der Waals surface area contributed by atoms with E-state index in [2.05, 4.69) is 187 Å². The summed E-state index contributed by atoms with van der Waals surface area (Å²) in [6.45, 7) is 13.1. The van der Waals surface area contributed by atoms with Gasteiger partial charge in [-0.3, -0.25) is 0 Å². The van der Waals surface area contributed by atoms with Crippen molar-refractivity contribution in [1.82, 2.24) is 0 Å². The fourth-order valence-electron chi connectivity index (χ4n) is 7.12. The maximum atomic E-state index is 2.36. The molecule has 0 bridgehead atoms. The molecule has 0 unspecified atom stereocenters. The lowest BCUT2D eigenvalue weighted by Gasteiger charge is -2.54. The van der Waals surface area contributed by atoms with Crippen molar-refractivity contribution >= 4 is 0 Å². The Balaban J connectivity index is 1.94. The van der Waals surface area contributed by atoms with Gasteiger partial charge >= 0.3 is 0 Å². The summed E-state index contributed by atoms with van der Waals surface area (Å²) in [7, 11) is 0. The summed E-state index contributed by atoms with van der Waals surface area (Å²) >= 11 is 0. The molecular formula is C44H42. The molecule has 0 saturated heterocycles. The third-order valence-electron chi connectivity index (χ3n) is 9.47. The van der Waals surface area contributed by atoms with Gasteiger partial charge in [-0.1, -0.05) is 179 Å². The van der Waals surface area contributed by atoms with Crippen LogP contribution in [0.1, 0.15) is 66.8 Å². The van der Waals surface area contributed by atoms with E-state index in [0.29, 0.717) is 0 Å². The van der Waals surface area contributed by atoms with E-state index in [0.717, 1.165) is 0 Å². The molecule has 0 aliphatic carbocycles. The molecule has 0 N–H and O–H groups in total. The van der Waals surface area contributed by atoms with Gasteiger partial charge in [-0.2, -0.15) is 0 Å². The second-order valence-electron chi connectivity index (χ2n) is 12.7. The Morgan fingerprint density at radius 2 is 0.318 bits per heavy atom. The minimum Gasteiger partial charge on any atom is -0.0590 e. The largest absolute Gasteiger partial charge is 0.0629 e. The summed E-state index contributed by atoms with van der Waals surface area (Å²) in [5, 5.41) is 0. The highest BCUT2D eigenvalue weighted by Crippen LogP contribution is 2.60. The van der Waals surface area contributed by atoms with Crippen LogP contribution in [0.2, 0.25) is 0 Å². The Hall–Kier alpha value is -4.68. The molecule has 0 heteroatoms. The Morgan fingerprint density at radius 1 is 0.205 bits per heavy atom. The van der Waals surface area contributed by atoms with Crippen LogP contribution in [-0.2, 0) is 10.8 Å². The molecular weight excluding hydrogens is 528 g/mol. The van der Waals surface area contributed by atoms with E-state index < -0.39 is 10.8 Å². The maximum absolute atomic E-state index is 2.36. The Labute approximate surface area is 264 Å². The highest BCUT2D eigenvalue weighted by Gasteiger charge is 2.57. The first-order valence-corrected chi connectivity index (χ1v) is 15.7.